The molecule has 0 spiro atoms. The standard InChI is InChI=1S/C15H12BrNO/c1-10-3-5-13(16)8-15(10)18-14-6-4-12(9-17)11(2)7-14/h3-8H,1-2H3. The third kappa shape index (κ3) is 2.72. The van der Waals surface area contributed by atoms with Crippen LogP contribution in [-0.2, 0) is 0 Å². The molecule has 0 heterocycles. The lowest BCUT2D eigenvalue weighted by molar-refractivity contribution is 0.478. The zero-order valence-electron chi connectivity index (χ0n) is 10.2. The summed E-state index contributed by atoms with van der Waals surface area (Å²) in [6.07, 6.45) is 0. The van der Waals surface area contributed by atoms with Crippen molar-refractivity contribution >= 4 is 15.9 Å². The van der Waals surface area contributed by atoms with Crippen LogP contribution < -0.4 is 4.74 Å². The predicted octanol–water partition coefficient (Wildman–Crippen LogP) is 4.73. The van der Waals surface area contributed by atoms with Crippen LogP contribution in [0.15, 0.2) is 40.9 Å². The van der Waals surface area contributed by atoms with Gasteiger partial charge in [-0.05, 0) is 55.3 Å². The van der Waals surface area contributed by atoms with Gasteiger partial charge in [-0.1, -0.05) is 22.0 Å². The van der Waals surface area contributed by atoms with Crippen LogP contribution in [0.4, 0.5) is 0 Å². The number of aryl methyl sites for hydroxylation is 2. The molecule has 0 bridgehead atoms. The topological polar surface area (TPSA) is 33.0 Å². The maximum absolute atomic E-state index is 8.88. The Morgan fingerprint density at radius 3 is 2.50 bits per heavy atom. The molecule has 2 nitrogen and oxygen atoms in total. The Hall–Kier alpha value is -1.79. The number of benzene rings is 2. The molecule has 0 fully saturated rings. The molecule has 0 aromatic heterocycles. The molecule has 0 aliphatic carbocycles. The minimum Gasteiger partial charge on any atom is -0.457 e. The summed E-state index contributed by atoms with van der Waals surface area (Å²) in [5.74, 6) is 1.56. The first-order chi connectivity index (χ1) is 8.60. The van der Waals surface area contributed by atoms with E-state index in [0.717, 1.165) is 27.1 Å². The Kier molecular flexibility index (Phi) is 3.69. The van der Waals surface area contributed by atoms with Crippen molar-refractivity contribution in [2.75, 3.05) is 0 Å². The zero-order valence-corrected chi connectivity index (χ0v) is 11.8. The SMILES string of the molecule is Cc1cc(Oc2cc(Br)ccc2C)ccc1C#N. The minimum absolute atomic E-state index is 0.674. The van der Waals surface area contributed by atoms with Gasteiger partial charge in [-0.3, -0.25) is 0 Å². The van der Waals surface area contributed by atoms with Gasteiger partial charge in [0.25, 0.3) is 0 Å². The minimum atomic E-state index is 0.674. The number of rotatable bonds is 2. The normalized spacial score (nSPS) is 9.89. The van der Waals surface area contributed by atoms with Crippen molar-refractivity contribution in [3.05, 3.63) is 57.6 Å². The van der Waals surface area contributed by atoms with E-state index in [-0.39, 0.29) is 0 Å². The molecule has 2 rings (SSSR count). The van der Waals surface area contributed by atoms with E-state index in [9.17, 15) is 0 Å². The molecule has 0 atom stereocenters. The van der Waals surface area contributed by atoms with Gasteiger partial charge in [0.15, 0.2) is 0 Å². The largest absolute Gasteiger partial charge is 0.457 e. The molecule has 0 saturated carbocycles. The smallest absolute Gasteiger partial charge is 0.131 e. The fraction of sp³-hybridized carbons (Fsp3) is 0.133. The molecule has 0 radical (unpaired) electrons. The molecule has 0 unspecified atom stereocenters. The Balaban J connectivity index is 2.32. The van der Waals surface area contributed by atoms with E-state index >= 15 is 0 Å². The molecule has 0 aliphatic heterocycles. The van der Waals surface area contributed by atoms with Crippen LogP contribution in [0.2, 0.25) is 0 Å². The van der Waals surface area contributed by atoms with Crippen LogP contribution in [-0.4, -0.2) is 0 Å². The van der Waals surface area contributed by atoms with Crippen molar-refractivity contribution in [3.8, 4) is 17.6 Å². The molecule has 0 amide bonds. The zero-order chi connectivity index (χ0) is 13.1. The van der Waals surface area contributed by atoms with Crippen molar-refractivity contribution in [1.82, 2.24) is 0 Å². The van der Waals surface area contributed by atoms with E-state index in [1.807, 2.05) is 44.2 Å². The molecule has 2 aromatic rings. The Morgan fingerprint density at radius 1 is 1.06 bits per heavy atom. The van der Waals surface area contributed by atoms with Crippen molar-refractivity contribution in [2.45, 2.75) is 13.8 Å². The lowest BCUT2D eigenvalue weighted by Gasteiger charge is -2.10. The number of nitriles is 1. The molecular formula is C15H12BrNO. The fourth-order valence-corrected chi connectivity index (χ4v) is 1.98. The maximum atomic E-state index is 8.88. The second-order valence-electron chi connectivity index (χ2n) is 4.10. The molecule has 18 heavy (non-hydrogen) atoms. The Bertz CT molecular complexity index is 629. The molecule has 0 N–H and O–H groups in total. The number of hydrogen-bond donors (Lipinski definition) is 0. The van der Waals surface area contributed by atoms with Gasteiger partial charge in [0.1, 0.15) is 11.5 Å². The van der Waals surface area contributed by atoms with E-state index in [1.54, 1.807) is 6.07 Å². The van der Waals surface area contributed by atoms with Crippen LogP contribution >= 0.6 is 15.9 Å². The van der Waals surface area contributed by atoms with E-state index in [4.69, 9.17) is 10.00 Å². The highest BCUT2D eigenvalue weighted by molar-refractivity contribution is 9.10. The number of hydrogen-bond acceptors (Lipinski definition) is 2. The van der Waals surface area contributed by atoms with Gasteiger partial charge in [0, 0.05) is 4.47 Å². The van der Waals surface area contributed by atoms with Gasteiger partial charge in [-0.25, -0.2) is 0 Å². The second-order valence-corrected chi connectivity index (χ2v) is 5.02. The first-order valence-corrected chi connectivity index (χ1v) is 6.34. The summed E-state index contributed by atoms with van der Waals surface area (Å²) in [7, 11) is 0. The van der Waals surface area contributed by atoms with Gasteiger partial charge >= 0.3 is 0 Å². The summed E-state index contributed by atoms with van der Waals surface area (Å²) in [4.78, 5) is 0. The van der Waals surface area contributed by atoms with Crippen LogP contribution in [0.5, 0.6) is 11.5 Å². The molecular weight excluding hydrogens is 290 g/mol. The molecule has 90 valence electrons. The molecule has 0 saturated heterocycles. The van der Waals surface area contributed by atoms with Crippen LogP contribution in [0.25, 0.3) is 0 Å². The summed E-state index contributed by atoms with van der Waals surface area (Å²) in [5.41, 5.74) is 2.66. The monoisotopic (exact) mass is 301 g/mol. The van der Waals surface area contributed by atoms with Crippen molar-refractivity contribution in [1.29, 1.82) is 5.26 Å². The highest BCUT2D eigenvalue weighted by atomic mass is 79.9. The van der Waals surface area contributed by atoms with Gasteiger partial charge in [-0.15, -0.1) is 0 Å². The Labute approximate surface area is 115 Å². The van der Waals surface area contributed by atoms with E-state index in [0.29, 0.717) is 5.56 Å². The first-order valence-electron chi connectivity index (χ1n) is 5.55. The van der Waals surface area contributed by atoms with Gasteiger partial charge in [0.05, 0.1) is 11.6 Å². The van der Waals surface area contributed by atoms with Crippen molar-refractivity contribution in [2.24, 2.45) is 0 Å². The second kappa shape index (κ2) is 5.24. The average Bonchev–Trinajstić information content (AvgIpc) is 2.34. The fourth-order valence-electron chi connectivity index (χ4n) is 1.64. The summed E-state index contributed by atoms with van der Waals surface area (Å²) >= 11 is 3.42. The lowest BCUT2D eigenvalue weighted by atomic mass is 10.1. The van der Waals surface area contributed by atoms with Crippen LogP contribution in [0.3, 0.4) is 0 Å². The first kappa shape index (κ1) is 12.7. The van der Waals surface area contributed by atoms with Crippen LogP contribution in [0.1, 0.15) is 16.7 Å². The van der Waals surface area contributed by atoms with E-state index in [1.165, 1.54) is 0 Å². The van der Waals surface area contributed by atoms with Gasteiger partial charge < -0.3 is 4.74 Å². The van der Waals surface area contributed by atoms with E-state index in [2.05, 4.69) is 22.0 Å². The predicted molar refractivity (Wildman–Crippen MR) is 74.8 cm³/mol. The van der Waals surface area contributed by atoms with Gasteiger partial charge in [-0.2, -0.15) is 5.26 Å². The lowest BCUT2D eigenvalue weighted by Crippen LogP contribution is -1.89. The van der Waals surface area contributed by atoms with Crippen molar-refractivity contribution < 1.29 is 4.74 Å². The molecule has 0 aliphatic rings. The summed E-state index contributed by atoms with van der Waals surface area (Å²) in [5, 5.41) is 8.88. The highest BCUT2D eigenvalue weighted by Crippen LogP contribution is 2.29. The highest BCUT2D eigenvalue weighted by Gasteiger charge is 2.04. The maximum Gasteiger partial charge on any atom is 0.131 e. The van der Waals surface area contributed by atoms with E-state index < -0.39 is 0 Å². The quantitative estimate of drug-likeness (QED) is 0.803. The molecule has 3 heteroatoms. The third-order valence-corrected chi connectivity index (χ3v) is 3.19. The number of ether oxygens (including phenoxy) is 1. The average molecular weight is 302 g/mol. The van der Waals surface area contributed by atoms with Crippen LogP contribution in [0, 0.1) is 25.2 Å². The van der Waals surface area contributed by atoms with Crippen molar-refractivity contribution in [3.63, 3.8) is 0 Å². The Morgan fingerprint density at radius 2 is 1.83 bits per heavy atom. The summed E-state index contributed by atoms with van der Waals surface area (Å²) < 4.78 is 6.81. The summed E-state index contributed by atoms with van der Waals surface area (Å²) in [6, 6.07) is 13.5. The summed E-state index contributed by atoms with van der Waals surface area (Å²) in [6.45, 7) is 3.90. The van der Waals surface area contributed by atoms with Gasteiger partial charge in [0.2, 0.25) is 0 Å². The number of halogens is 1. The number of nitrogens with zero attached hydrogens (tertiary/aromatic N) is 1. The third-order valence-electron chi connectivity index (χ3n) is 2.70. The molecule has 2 aromatic carbocycles.